The highest BCUT2D eigenvalue weighted by Gasteiger charge is 2.11. The van der Waals surface area contributed by atoms with Crippen molar-refractivity contribution in [1.29, 1.82) is 5.41 Å². The number of allylic oxidation sites excluding steroid dienone is 1. The van der Waals surface area contributed by atoms with E-state index < -0.39 is 0 Å². The number of hydrogen-bond acceptors (Lipinski definition) is 3. The zero-order chi connectivity index (χ0) is 12.4. The molecule has 0 unspecified atom stereocenters. The summed E-state index contributed by atoms with van der Waals surface area (Å²) in [5, 5.41) is 7.65. The molecule has 0 amide bonds. The first-order valence-electron chi connectivity index (χ1n) is 5.07. The van der Waals surface area contributed by atoms with Crippen molar-refractivity contribution >= 4 is 34.2 Å². The van der Waals surface area contributed by atoms with E-state index >= 15 is 0 Å². The van der Waals surface area contributed by atoms with E-state index in [9.17, 15) is 0 Å². The molecule has 0 aromatic carbocycles. The summed E-state index contributed by atoms with van der Waals surface area (Å²) in [5.74, 6) is 0. The Morgan fingerprint density at radius 3 is 2.94 bits per heavy atom. The normalized spacial score (nSPS) is 11.8. The van der Waals surface area contributed by atoms with Crippen LogP contribution in [0.1, 0.15) is 10.4 Å². The summed E-state index contributed by atoms with van der Waals surface area (Å²) in [7, 11) is 1.96. The lowest BCUT2D eigenvalue weighted by Crippen LogP contribution is -1.86. The largest absolute Gasteiger partial charge is 0.333 e. The van der Waals surface area contributed by atoms with E-state index in [0.29, 0.717) is 5.03 Å². The molecule has 88 valence electrons. The van der Waals surface area contributed by atoms with Crippen LogP contribution in [-0.2, 0) is 7.05 Å². The molecular weight excluding hydrogens is 254 g/mol. The van der Waals surface area contributed by atoms with Crippen molar-refractivity contribution in [3.63, 3.8) is 0 Å². The highest BCUT2D eigenvalue weighted by Crippen LogP contribution is 2.36. The Hall–Kier alpha value is -1.39. The standard InChI is InChI=1S/C12H12ClN3S/c1-8-5-11(10-6-15-7-16(10)2)17-12(8)9(13)3-4-14/h3-7,14H,1-2H3/b9-3+,14-4?. The SMILES string of the molecule is Cc1cc(-c2cncn2C)sc1/C(Cl)=C\C=N. The van der Waals surface area contributed by atoms with Crippen LogP contribution >= 0.6 is 22.9 Å². The predicted octanol–water partition coefficient (Wildman–Crippen LogP) is 3.69. The molecular formula is C12H12ClN3S. The number of hydrogen-bond donors (Lipinski definition) is 1. The second kappa shape index (κ2) is 4.85. The summed E-state index contributed by atoms with van der Waals surface area (Å²) in [5.41, 5.74) is 2.19. The Labute approximate surface area is 109 Å². The van der Waals surface area contributed by atoms with Gasteiger partial charge < -0.3 is 9.98 Å². The van der Waals surface area contributed by atoms with Gasteiger partial charge in [0.2, 0.25) is 0 Å². The maximum Gasteiger partial charge on any atom is 0.0948 e. The fraction of sp³-hybridized carbons (Fsp3) is 0.167. The molecule has 2 aromatic heterocycles. The first-order chi connectivity index (χ1) is 8.13. The minimum Gasteiger partial charge on any atom is -0.333 e. The molecule has 2 heterocycles. The lowest BCUT2D eigenvalue weighted by Gasteiger charge is -1.97. The highest BCUT2D eigenvalue weighted by atomic mass is 35.5. The van der Waals surface area contributed by atoms with E-state index in [0.717, 1.165) is 21.0 Å². The number of aromatic nitrogens is 2. The summed E-state index contributed by atoms with van der Waals surface area (Å²) >= 11 is 7.74. The zero-order valence-electron chi connectivity index (χ0n) is 9.57. The van der Waals surface area contributed by atoms with Crippen LogP contribution in [0, 0.1) is 12.3 Å². The van der Waals surface area contributed by atoms with Gasteiger partial charge in [0, 0.05) is 18.1 Å². The smallest absolute Gasteiger partial charge is 0.0948 e. The molecule has 2 rings (SSSR count). The summed E-state index contributed by atoms with van der Waals surface area (Å²) in [6.07, 6.45) is 6.40. The van der Waals surface area contributed by atoms with Crippen LogP contribution in [0.15, 0.2) is 24.7 Å². The molecule has 0 spiro atoms. The Morgan fingerprint density at radius 1 is 1.59 bits per heavy atom. The molecule has 0 aliphatic rings. The molecule has 0 bridgehead atoms. The molecule has 1 N–H and O–H groups in total. The summed E-state index contributed by atoms with van der Waals surface area (Å²) < 4.78 is 1.98. The van der Waals surface area contributed by atoms with Crippen LogP contribution in [0.25, 0.3) is 15.6 Å². The van der Waals surface area contributed by atoms with Crippen LogP contribution in [-0.4, -0.2) is 15.8 Å². The third-order valence-corrected chi connectivity index (χ3v) is 4.15. The Bertz CT molecular complexity index is 580. The lowest BCUT2D eigenvalue weighted by atomic mass is 10.2. The molecule has 17 heavy (non-hydrogen) atoms. The number of imidazole rings is 1. The van der Waals surface area contributed by atoms with Gasteiger partial charge >= 0.3 is 0 Å². The van der Waals surface area contributed by atoms with E-state index in [2.05, 4.69) is 11.1 Å². The monoisotopic (exact) mass is 265 g/mol. The average Bonchev–Trinajstić information content (AvgIpc) is 2.84. The van der Waals surface area contributed by atoms with Gasteiger partial charge in [-0.3, -0.25) is 0 Å². The van der Waals surface area contributed by atoms with Gasteiger partial charge in [-0.1, -0.05) is 11.6 Å². The molecule has 0 atom stereocenters. The number of thiophene rings is 1. The molecule has 0 saturated heterocycles. The third kappa shape index (κ3) is 2.33. The number of nitrogens with one attached hydrogen (secondary N) is 1. The molecule has 0 saturated carbocycles. The minimum atomic E-state index is 0.607. The molecule has 2 aromatic rings. The van der Waals surface area contributed by atoms with Crippen LogP contribution in [0.5, 0.6) is 0 Å². The van der Waals surface area contributed by atoms with Crippen molar-refractivity contribution in [2.45, 2.75) is 6.92 Å². The van der Waals surface area contributed by atoms with Gasteiger partial charge in [-0.15, -0.1) is 11.3 Å². The summed E-state index contributed by atoms with van der Waals surface area (Å²) in [6, 6.07) is 2.09. The number of halogens is 1. The molecule has 0 fully saturated rings. The maximum atomic E-state index is 7.04. The quantitative estimate of drug-likeness (QED) is 0.845. The van der Waals surface area contributed by atoms with E-state index in [-0.39, 0.29) is 0 Å². The molecule has 3 nitrogen and oxygen atoms in total. The zero-order valence-corrected chi connectivity index (χ0v) is 11.1. The second-order valence-corrected chi connectivity index (χ2v) is 5.15. The van der Waals surface area contributed by atoms with Crippen LogP contribution in [0.2, 0.25) is 0 Å². The summed E-state index contributed by atoms with van der Waals surface area (Å²) in [6.45, 7) is 2.02. The Kier molecular flexibility index (Phi) is 3.45. The second-order valence-electron chi connectivity index (χ2n) is 3.69. The van der Waals surface area contributed by atoms with Gasteiger partial charge in [0.25, 0.3) is 0 Å². The van der Waals surface area contributed by atoms with Crippen LogP contribution in [0.3, 0.4) is 0 Å². The summed E-state index contributed by atoms with van der Waals surface area (Å²) in [4.78, 5) is 6.24. The van der Waals surface area contributed by atoms with E-state index in [1.165, 1.54) is 6.21 Å². The van der Waals surface area contributed by atoms with Crippen molar-refractivity contribution in [2.24, 2.45) is 7.05 Å². The third-order valence-electron chi connectivity index (χ3n) is 2.43. The lowest BCUT2D eigenvalue weighted by molar-refractivity contribution is 0.923. The molecule has 0 aliphatic carbocycles. The van der Waals surface area contributed by atoms with Crippen molar-refractivity contribution in [1.82, 2.24) is 9.55 Å². The van der Waals surface area contributed by atoms with E-state index in [1.807, 2.05) is 24.7 Å². The fourth-order valence-corrected chi connectivity index (χ4v) is 3.06. The molecule has 0 radical (unpaired) electrons. The van der Waals surface area contributed by atoms with Crippen LogP contribution in [0.4, 0.5) is 0 Å². The van der Waals surface area contributed by atoms with E-state index in [4.69, 9.17) is 17.0 Å². The number of nitrogens with zero attached hydrogens (tertiary/aromatic N) is 2. The predicted molar refractivity (Wildman–Crippen MR) is 73.9 cm³/mol. The van der Waals surface area contributed by atoms with Gasteiger partial charge in [0.15, 0.2) is 0 Å². The van der Waals surface area contributed by atoms with Gasteiger partial charge in [0.1, 0.15) is 0 Å². The van der Waals surface area contributed by atoms with Gasteiger partial charge in [-0.2, -0.15) is 0 Å². The first kappa shape index (κ1) is 12.1. The van der Waals surface area contributed by atoms with Crippen molar-refractivity contribution < 1.29 is 0 Å². The van der Waals surface area contributed by atoms with Gasteiger partial charge in [0.05, 0.1) is 28.1 Å². The fourth-order valence-electron chi connectivity index (χ4n) is 1.59. The Balaban J connectivity index is 2.48. The highest BCUT2D eigenvalue weighted by molar-refractivity contribution is 7.17. The first-order valence-corrected chi connectivity index (χ1v) is 6.26. The van der Waals surface area contributed by atoms with Gasteiger partial charge in [-0.05, 0) is 24.6 Å². The topological polar surface area (TPSA) is 41.7 Å². The van der Waals surface area contributed by atoms with Gasteiger partial charge in [-0.25, -0.2) is 4.98 Å². The molecule has 5 heteroatoms. The minimum absolute atomic E-state index is 0.607. The average molecular weight is 266 g/mol. The van der Waals surface area contributed by atoms with Crippen molar-refractivity contribution in [3.05, 3.63) is 35.1 Å². The Morgan fingerprint density at radius 2 is 2.35 bits per heavy atom. The van der Waals surface area contributed by atoms with Crippen LogP contribution < -0.4 is 0 Å². The van der Waals surface area contributed by atoms with Crippen molar-refractivity contribution in [3.8, 4) is 10.6 Å². The van der Waals surface area contributed by atoms with E-state index in [1.54, 1.807) is 23.7 Å². The maximum absolute atomic E-state index is 7.04. The van der Waals surface area contributed by atoms with Crippen molar-refractivity contribution in [2.75, 3.05) is 0 Å². The molecule has 0 aliphatic heterocycles. The number of aryl methyl sites for hydroxylation is 2. The number of rotatable bonds is 3.